The number of likely N-dealkylation sites (N-methyl/N-ethyl adjacent to an activating group) is 1. The average Bonchev–Trinajstić information content (AvgIpc) is 2.38. The monoisotopic (exact) mass is 314 g/mol. The summed E-state index contributed by atoms with van der Waals surface area (Å²) in [4.78, 5) is 12.3. The predicted molar refractivity (Wildman–Crippen MR) is 78.5 cm³/mol. The number of nitrogens with two attached hydrogens (primary N) is 1. The van der Waals surface area contributed by atoms with Gasteiger partial charge in [-0.25, -0.2) is 8.42 Å². The molecule has 21 heavy (non-hydrogen) atoms. The zero-order chi connectivity index (χ0) is 15.8. The predicted octanol–water partition coefficient (Wildman–Crippen LogP) is 0.422. The molecule has 0 atom stereocenters. The molecule has 1 saturated heterocycles. The Morgan fingerprint density at radius 3 is 2.33 bits per heavy atom. The number of benzene rings is 1. The van der Waals surface area contributed by atoms with Crippen molar-refractivity contribution in [1.82, 2.24) is 9.21 Å². The molecule has 1 aliphatic heterocycles. The molecule has 0 amide bonds. The van der Waals surface area contributed by atoms with E-state index in [1.807, 2.05) is 11.9 Å². The fraction of sp³-hybridized carbons (Fsp3) is 0.500. The van der Waals surface area contributed by atoms with Crippen molar-refractivity contribution in [2.24, 2.45) is 0 Å². The van der Waals surface area contributed by atoms with Crippen molar-refractivity contribution in [3.63, 3.8) is 0 Å². The molecule has 0 aliphatic carbocycles. The highest BCUT2D eigenvalue weighted by molar-refractivity contribution is 7.89. The van der Waals surface area contributed by atoms with E-state index in [0.717, 1.165) is 6.07 Å². The van der Waals surface area contributed by atoms with Crippen LogP contribution in [0.3, 0.4) is 0 Å². The van der Waals surface area contributed by atoms with E-state index in [9.17, 15) is 18.5 Å². The second kappa shape index (κ2) is 5.58. The van der Waals surface area contributed by atoms with Crippen LogP contribution < -0.4 is 5.73 Å². The molecule has 2 N–H and O–H groups in total. The maximum Gasteiger partial charge on any atom is 0.293 e. The van der Waals surface area contributed by atoms with Crippen LogP contribution >= 0.6 is 0 Å². The topological polar surface area (TPSA) is 110 Å². The highest BCUT2D eigenvalue weighted by Crippen LogP contribution is 2.30. The molecule has 1 heterocycles. The number of piperazine rings is 1. The van der Waals surface area contributed by atoms with Crippen LogP contribution in [0.15, 0.2) is 17.0 Å². The van der Waals surface area contributed by atoms with Gasteiger partial charge in [-0.1, -0.05) is 0 Å². The zero-order valence-corrected chi connectivity index (χ0v) is 12.8. The first-order chi connectivity index (χ1) is 9.73. The summed E-state index contributed by atoms with van der Waals surface area (Å²) < 4.78 is 26.6. The molecule has 0 radical (unpaired) electrons. The normalized spacial score (nSPS) is 17.8. The number of hydrogen-bond donors (Lipinski definition) is 1. The molecule has 116 valence electrons. The van der Waals surface area contributed by atoms with Gasteiger partial charge >= 0.3 is 0 Å². The van der Waals surface area contributed by atoms with Gasteiger partial charge in [0.2, 0.25) is 10.0 Å². The summed E-state index contributed by atoms with van der Waals surface area (Å²) in [6.45, 7) is 3.60. The summed E-state index contributed by atoms with van der Waals surface area (Å²) in [5.74, 6) is 0. The SMILES string of the molecule is Cc1cc(N)c([N+](=O)[O-])cc1S(=O)(=O)N1CCN(C)CC1. The Labute approximate surface area is 123 Å². The molecule has 0 saturated carbocycles. The third-order valence-corrected chi connectivity index (χ3v) is 5.64. The van der Waals surface area contributed by atoms with E-state index in [2.05, 4.69) is 0 Å². The van der Waals surface area contributed by atoms with E-state index >= 15 is 0 Å². The molecule has 1 aromatic rings. The van der Waals surface area contributed by atoms with Crippen LogP contribution in [0.5, 0.6) is 0 Å². The fourth-order valence-electron chi connectivity index (χ4n) is 2.30. The summed E-state index contributed by atoms with van der Waals surface area (Å²) in [6.07, 6.45) is 0. The van der Waals surface area contributed by atoms with Crippen molar-refractivity contribution in [3.05, 3.63) is 27.8 Å². The van der Waals surface area contributed by atoms with Crippen molar-refractivity contribution >= 4 is 21.4 Å². The molecule has 2 rings (SSSR count). The molecule has 1 fully saturated rings. The molecule has 1 aromatic carbocycles. The highest BCUT2D eigenvalue weighted by atomic mass is 32.2. The lowest BCUT2D eigenvalue weighted by Gasteiger charge is -2.31. The minimum Gasteiger partial charge on any atom is -0.393 e. The largest absolute Gasteiger partial charge is 0.393 e. The van der Waals surface area contributed by atoms with Crippen LogP contribution in [0.4, 0.5) is 11.4 Å². The Kier molecular flexibility index (Phi) is 4.17. The van der Waals surface area contributed by atoms with Gasteiger partial charge in [0.25, 0.3) is 5.69 Å². The summed E-state index contributed by atoms with van der Waals surface area (Å²) in [6, 6.07) is 2.39. The first-order valence-corrected chi connectivity index (χ1v) is 7.90. The van der Waals surface area contributed by atoms with Crippen molar-refractivity contribution in [2.45, 2.75) is 11.8 Å². The summed E-state index contributed by atoms with van der Waals surface area (Å²) in [5.41, 5.74) is 5.57. The number of nitrogen functional groups attached to an aromatic ring is 1. The number of aryl methyl sites for hydroxylation is 1. The van der Waals surface area contributed by atoms with Gasteiger partial charge in [-0.05, 0) is 25.6 Å². The van der Waals surface area contributed by atoms with Crippen LogP contribution in [0, 0.1) is 17.0 Å². The highest BCUT2D eigenvalue weighted by Gasteiger charge is 2.30. The van der Waals surface area contributed by atoms with Gasteiger partial charge < -0.3 is 10.6 Å². The molecule has 0 unspecified atom stereocenters. The Morgan fingerprint density at radius 2 is 1.81 bits per heavy atom. The van der Waals surface area contributed by atoms with E-state index in [0.29, 0.717) is 31.7 Å². The number of nitro benzene ring substituents is 1. The number of hydrogen-bond acceptors (Lipinski definition) is 6. The summed E-state index contributed by atoms with van der Waals surface area (Å²) in [7, 11) is -1.82. The van der Waals surface area contributed by atoms with Crippen LogP contribution in [0.25, 0.3) is 0 Å². The van der Waals surface area contributed by atoms with Crippen molar-refractivity contribution in [2.75, 3.05) is 39.0 Å². The minimum absolute atomic E-state index is 0.0326. The van der Waals surface area contributed by atoms with Gasteiger partial charge in [0, 0.05) is 32.2 Å². The number of nitrogens with zero attached hydrogens (tertiary/aromatic N) is 3. The lowest BCUT2D eigenvalue weighted by Crippen LogP contribution is -2.47. The first kappa shape index (κ1) is 15.7. The Balaban J connectivity index is 2.45. The van der Waals surface area contributed by atoms with Crippen LogP contribution in [-0.4, -0.2) is 55.8 Å². The third-order valence-electron chi connectivity index (χ3n) is 3.60. The van der Waals surface area contributed by atoms with E-state index in [-0.39, 0.29) is 16.3 Å². The van der Waals surface area contributed by atoms with E-state index < -0.39 is 14.9 Å². The Hall–Kier alpha value is -1.71. The number of sulfonamides is 1. The molecular weight excluding hydrogens is 296 g/mol. The van der Waals surface area contributed by atoms with Crippen LogP contribution in [0.1, 0.15) is 5.56 Å². The summed E-state index contributed by atoms with van der Waals surface area (Å²) >= 11 is 0. The quantitative estimate of drug-likeness (QED) is 0.492. The van der Waals surface area contributed by atoms with E-state index in [1.54, 1.807) is 6.92 Å². The molecule has 0 spiro atoms. The third kappa shape index (κ3) is 2.99. The van der Waals surface area contributed by atoms with Gasteiger partial charge in [0.05, 0.1) is 9.82 Å². The van der Waals surface area contributed by atoms with Gasteiger partial charge in [-0.2, -0.15) is 4.31 Å². The van der Waals surface area contributed by atoms with Crippen LogP contribution in [0.2, 0.25) is 0 Å². The maximum atomic E-state index is 12.6. The number of nitro groups is 1. The van der Waals surface area contributed by atoms with E-state index in [1.165, 1.54) is 10.4 Å². The molecule has 8 nitrogen and oxygen atoms in total. The van der Waals surface area contributed by atoms with Crippen molar-refractivity contribution in [3.8, 4) is 0 Å². The number of rotatable bonds is 3. The second-order valence-electron chi connectivity index (χ2n) is 5.14. The van der Waals surface area contributed by atoms with Crippen molar-refractivity contribution in [1.29, 1.82) is 0 Å². The Bertz CT molecular complexity index is 666. The van der Waals surface area contributed by atoms with Crippen molar-refractivity contribution < 1.29 is 13.3 Å². The number of anilines is 1. The maximum absolute atomic E-state index is 12.6. The molecule has 0 bridgehead atoms. The van der Waals surface area contributed by atoms with Gasteiger partial charge in [0.1, 0.15) is 5.69 Å². The lowest BCUT2D eigenvalue weighted by molar-refractivity contribution is -0.384. The fourth-order valence-corrected chi connectivity index (χ4v) is 3.95. The van der Waals surface area contributed by atoms with E-state index in [4.69, 9.17) is 5.73 Å². The van der Waals surface area contributed by atoms with Gasteiger partial charge in [0.15, 0.2) is 0 Å². The zero-order valence-electron chi connectivity index (χ0n) is 11.9. The standard InChI is InChI=1S/C12H18N4O4S/c1-9-7-10(13)11(16(17)18)8-12(9)21(19,20)15-5-3-14(2)4-6-15/h7-8H,3-6,13H2,1-2H3. The molecule has 0 aromatic heterocycles. The molecular formula is C12H18N4O4S. The average molecular weight is 314 g/mol. The smallest absolute Gasteiger partial charge is 0.293 e. The van der Waals surface area contributed by atoms with Gasteiger partial charge in [-0.3, -0.25) is 10.1 Å². The minimum atomic E-state index is -3.74. The van der Waals surface area contributed by atoms with Gasteiger partial charge in [-0.15, -0.1) is 0 Å². The molecule has 9 heteroatoms. The molecule has 1 aliphatic rings. The summed E-state index contributed by atoms with van der Waals surface area (Å²) in [5, 5.41) is 10.9. The second-order valence-corrected chi connectivity index (χ2v) is 7.05. The van der Waals surface area contributed by atoms with Crippen LogP contribution in [-0.2, 0) is 10.0 Å². The lowest BCUT2D eigenvalue weighted by atomic mass is 10.2. The Morgan fingerprint density at radius 1 is 1.24 bits per heavy atom. The first-order valence-electron chi connectivity index (χ1n) is 6.46.